The highest BCUT2D eigenvalue weighted by molar-refractivity contribution is 7.92. The maximum Gasteiger partial charge on any atom is 0.261 e. The minimum atomic E-state index is -3.81. The number of ether oxygens (including phenoxy) is 1. The molecule has 0 amide bonds. The van der Waals surface area contributed by atoms with Crippen LogP contribution in [-0.4, -0.2) is 28.6 Å². The molecule has 0 radical (unpaired) electrons. The van der Waals surface area contributed by atoms with Crippen LogP contribution in [-0.2, 0) is 10.0 Å². The van der Waals surface area contributed by atoms with Gasteiger partial charge in [0.15, 0.2) is 0 Å². The summed E-state index contributed by atoms with van der Waals surface area (Å²) in [6.07, 6.45) is 2.09. The van der Waals surface area contributed by atoms with Crippen molar-refractivity contribution < 1.29 is 17.5 Å². The number of hydrogen-bond donors (Lipinski definition) is 1. The van der Waals surface area contributed by atoms with Gasteiger partial charge in [-0.2, -0.15) is 0 Å². The number of rotatable bonds is 5. The predicted molar refractivity (Wildman–Crippen MR) is 91.6 cm³/mol. The summed E-state index contributed by atoms with van der Waals surface area (Å²) < 4.78 is 46.4. The van der Waals surface area contributed by atoms with E-state index in [1.807, 2.05) is 0 Å². The van der Waals surface area contributed by atoms with Gasteiger partial charge in [0.25, 0.3) is 10.0 Å². The van der Waals surface area contributed by atoms with Crippen molar-refractivity contribution in [1.82, 2.24) is 0 Å². The fourth-order valence-corrected chi connectivity index (χ4v) is 3.85. The number of hydrogen-bond acceptors (Lipinski definition) is 4. The summed E-state index contributed by atoms with van der Waals surface area (Å²) in [4.78, 5) is 2.16. The molecule has 1 heterocycles. The van der Waals surface area contributed by atoms with E-state index in [9.17, 15) is 12.8 Å². The molecule has 3 rings (SSSR count). The maximum atomic E-state index is 13.6. The first-order valence-corrected chi connectivity index (χ1v) is 9.19. The summed E-state index contributed by atoms with van der Waals surface area (Å²) in [6, 6.07) is 10.2. The molecule has 2 aromatic carbocycles. The van der Waals surface area contributed by atoms with Crippen LogP contribution in [0.5, 0.6) is 5.75 Å². The van der Waals surface area contributed by atoms with Crippen LogP contribution in [0.25, 0.3) is 0 Å². The Labute approximate surface area is 141 Å². The average molecular weight is 350 g/mol. The second kappa shape index (κ2) is 6.68. The maximum absolute atomic E-state index is 13.6. The van der Waals surface area contributed by atoms with Gasteiger partial charge in [-0.25, -0.2) is 12.8 Å². The predicted octanol–water partition coefficient (Wildman–Crippen LogP) is 3.24. The second-order valence-electron chi connectivity index (χ2n) is 5.64. The molecule has 0 saturated carbocycles. The van der Waals surface area contributed by atoms with Crippen molar-refractivity contribution in [3.05, 3.63) is 48.3 Å². The second-order valence-corrected chi connectivity index (χ2v) is 7.32. The lowest BCUT2D eigenvalue weighted by Crippen LogP contribution is -2.21. The van der Waals surface area contributed by atoms with E-state index in [1.165, 1.54) is 31.4 Å². The number of nitrogens with one attached hydrogen (secondary N) is 1. The van der Waals surface area contributed by atoms with Gasteiger partial charge in [-0.3, -0.25) is 4.72 Å². The molecule has 0 bridgehead atoms. The Morgan fingerprint density at radius 1 is 1.08 bits per heavy atom. The van der Waals surface area contributed by atoms with Crippen molar-refractivity contribution in [2.75, 3.05) is 29.8 Å². The van der Waals surface area contributed by atoms with E-state index in [-0.39, 0.29) is 10.6 Å². The molecular weight excluding hydrogens is 331 g/mol. The van der Waals surface area contributed by atoms with E-state index in [0.717, 1.165) is 25.9 Å². The zero-order valence-corrected chi connectivity index (χ0v) is 14.1. The molecule has 128 valence electrons. The van der Waals surface area contributed by atoms with E-state index < -0.39 is 15.8 Å². The Morgan fingerprint density at radius 2 is 1.75 bits per heavy atom. The number of anilines is 2. The Bertz CT molecular complexity index is 816. The third-order valence-corrected chi connectivity index (χ3v) is 5.40. The molecular formula is C17H19FN2O3S. The summed E-state index contributed by atoms with van der Waals surface area (Å²) in [6.45, 7) is 1.67. The zero-order chi connectivity index (χ0) is 17.2. The minimum Gasteiger partial charge on any atom is -0.497 e. The Balaban J connectivity index is 1.92. The molecule has 1 saturated heterocycles. The van der Waals surface area contributed by atoms with Gasteiger partial charge in [0.2, 0.25) is 0 Å². The standard InChI is InChI=1S/C17H19FN2O3S/c1-23-14-5-7-15(8-6-14)24(21,22)19-16-12-13(18)4-9-17(16)20-10-2-3-11-20/h4-9,12,19H,2-3,10-11H2,1H3. The van der Waals surface area contributed by atoms with Crippen molar-refractivity contribution in [1.29, 1.82) is 0 Å². The molecule has 7 heteroatoms. The molecule has 1 aliphatic heterocycles. The minimum absolute atomic E-state index is 0.0972. The third-order valence-electron chi connectivity index (χ3n) is 4.02. The number of nitrogens with zero attached hydrogens (tertiary/aromatic N) is 1. The van der Waals surface area contributed by atoms with E-state index in [1.54, 1.807) is 18.2 Å². The largest absolute Gasteiger partial charge is 0.497 e. The molecule has 1 fully saturated rings. The summed E-state index contributed by atoms with van der Waals surface area (Å²) in [5.74, 6) is 0.0860. The van der Waals surface area contributed by atoms with Crippen LogP contribution in [0.15, 0.2) is 47.4 Å². The van der Waals surface area contributed by atoms with Crippen LogP contribution in [0.3, 0.4) is 0 Å². The summed E-state index contributed by atoms with van der Waals surface area (Å²) in [7, 11) is -2.30. The number of benzene rings is 2. The average Bonchev–Trinajstić information content (AvgIpc) is 3.09. The number of halogens is 1. The third kappa shape index (κ3) is 3.46. The van der Waals surface area contributed by atoms with Crippen LogP contribution < -0.4 is 14.4 Å². The van der Waals surface area contributed by atoms with Gasteiger partial charge in [-0.15, -0.1) is 0 Å². The molecule has 0 atom stereocenters. The van der Waals surface area contributed by atoms with Crippen LogP contribution in [0, 0.1) is 5.82 Å². The Kier molecular flexibility index (Phi) is 4.62. The molecule has 5 nitrogen and oxygen atoms in total. The highest BCUT2D eigenvalue weighted by atomic mass is 32.2. The first-order chi connectivity index (χ1) is 11.5. The van der Waals surface area contributed by atoms with Crippen molar-refractivity contribution in [2.24, 2.45) is 0 Å². The van der Waals surface area contributed by atoms with Crippen molar-refractivity contribution in [3.8, 4) is 5.75 Å². The van der Waals surface area contributed by atoms with Crippen molar-refractivity contribution in [2.45, 2.75) is 17.7 Å². The highest BCUT2D eigenvalue weighted by Crippen LogP contribution is 2.31. The van der Waals surface area contributed by atoms with Crippen molar-refractivity contribution >= 4 is 21.4 Å². The Hall–Kier alpha value is -2.28. The van der Waals surface area contributed by atoms with E-state index in [0.29, 0.717) is 11.4 Å². The topological polar surface area (TPSA) is 58.6 Å². The van der Waals surface area contributed by atoms with Gasteiger partial charge in [0.05, 0.1) is 23.4 Å². The lowest BCUT2D eigenvalue weighted by Gasteiger charge is -2.22. The fourth-order valence-electron chi connectivity index (χ4n) is 2.78. The quantitative estimate of drug-likeness (QED) is 0.899. The van der Waals surface area contributed by atoms with Crippen molar-refractivity contribution in [3.63, 3.8) is 0 Å². The lowest BCUT2D eigenvalue weighted by molar-refractivity contribution is 0.414. The van der Waals surface area contributed by atoms with Gasteiger partial charge in [0, 0.05) is 19.2 Å². The Morgan fingerprint density at radius 3 is 2.38 bits per heavy atom. The van der Waals surface area contributed by atoms with Gasteiger partial charge < -0.3 is 9.64 Å². The molecule has 24 heavy (non-hydrogen) atoms. The summed E-state index contributed by atoms with van der Waals surface area (Å²) in [5.41, 5.74) is 0.957. The first kappa shape index (κ1) is 16.6. The molecule has 2 aromatic rings. The zero-order valence-electron chi connectivity index (χ0n) is 13.3. The van der Waals surface area contributed by atoms with Crippen LogP contribution in [0.4, 0.5) is 15.8 Å². The SMILES string of the molecule is COc1ccc(S(=O)(=O)Nc2cc(F)ccc2N2CCCC2)cc1. The lowest BCUT2D eigenvalue weighted by atomic mass is 10.2. The van der Waals surface area contributed by atoms with Gasteiger partial charge in [-0.05, 0) is 49.2 Å². The number of methoxy groups -OCH3 is 1. The van der Waals surface area contributed by atoms with Crippen LogP contribution in [0.1, 0.15) is 12.8 Å². The van der Waals surface area contributed by atoms with E-state index >= 15 is 0 Å². The normalized spacial score (nSPS) is 14.7. The molecule has 0 aliphatic carbocycles. The smallest absolute Gasteiger partial charge is 0.261 e. The van der Waals surface area contributed by atoms with E-state index in [2.05, 4.69) is 9.62 Å². The fraction of sp³-hybridized carbons (Fsp3) is 0.294. The summed E-state index contributed by atoms with van der Waals surface area (Å²) in [5, 5.41) is 0. The monoisotopic (exact) mass is 350 g/mol. The highest BCUT2D eigenvalue weighted by Gasteiger charge is 2.21. The first-order valence-electron chi connectivity index (χ1n) is 7.71. The molecule has 0 spiro atoms. The molecule has 0 unspecified atom stereocenters. The molecule has 1 N–H and O–H groups in total. The van der Waals surface area contributed by atoms with E-state index in [4.69, 9.17) is 4.74 Å². The van der Waals surface area contributed by atoms with Crippen LogP contribution in [0.2, 0.25) is 0 Å². The van der Waals surface area contributed by atoms with Gasteiger partial charge in [-0.1, -0.05) is 0 Å². The van der Waals surface area contributed by atoms with Gasteiger partial charge >= 0.3 is 0 Å². The van der Waals surface area contributed by atoms with Gasteiger partial charge in [0.1, 0.15) is 11.6 Å². The molecule has 1 aliphatic rings. The summed E-state index contributed by atoms with van der Waals surface area (Å²) >= 11 is 0. The number of sulfonamides is 1. The van der Waals surface area contributed by atoms with Crippen LogP contribution >= 0.6 is 0 Å². The molecule has 0 aromatic heterocycles.